The molecule has 1 aliphatic rings. The summed E-state index contributed by atoms with van der Waals surface area (Å²) in [6.45, 7) is 3.69. The Balaban J connectivity index is 1.65. The molecular formula is C22H25ClN4O3S. The van der Waals surface area contributed by atoms with E-state index in [0.29, 0.717) is 25.6 Å². The molecule has 31 heavy (non-hydrogen) atoms. The normalized spacial score (nSPS) is 15.3. The molecule has 1 amide bonds. The van der Waals surface area contributed by atoms with Crippen LogP contribution in [-0.4, -0.2) is 41.3 Å². The van der Waals surface area contributed by atoms with E-state index in [0.717, 1.165) is 36.7 Å². The van der Waals surface area contributed by atoms with Gasteiger partial charge in [0, 0.05) is 25.2 Å². The molecule has 1 N–H and O–H groups in total. The van der Waals surface area contributed by atoms with Crippen LogP contribution in [0, 0.1) is 0 Å². The molecular weight excluding hydrogens is 436 g/mol. The van der Waals surface area contributed by atoms with Crippen molar-refractivity contribution in [2.24, 2.45) is 0 Å². The lowest BCUT2D eigenvalue weighted by Crippen LogP contribution is -2.35. The van der Waals surface area contributed by atoms with Crippen LogP contribution in [0.25, 0.3) is 11.0 Å². The molecule has 9 heteroatoms. The molecule has 7 nitrogen and oxygen atoms in total. The molecule has 0 aliphatic carbocycles. The Bertz CT molecular complexity index is 1220. The molecule has 0 saturated carbocycles. The second kappa shape index (κ2) is 8.98. The number of hydrogen-bond acceptors (Lipinski definition) is 4. The maximum absolute atomic E-state index is 13.1. The average molecular weight is 461 g/mol. The lowest BCUT2D eigenvalue weighted by atomic mass is 10.2. The van der Waals surface area contributed by atoms with Crippen molar-refractivity contribution in [2.75, 3.05) is 18.4 Å². The fraction of sp³-hybridized carbons (Fsp3) is 0.364. The highest BCUT2D eigenvalue weighted by Crippen LogP contribution is 2.28. The first-order chi connectivity index (χ1) is 14.9. The van der Waals surface area contributed by atoms with E-state index in [2.05, 4.69) is 17.2 Å². The monoisotopic (exact) mass is 460 g/mol. The summed E-state index contributed by atoms with van der Waals surface area (Å²) >= 11 is 6.23. The molecule has 0 spiro atoms. The van der Waals surface area contributed by atoms with Gasteiger partial charge in [-0.1, -0.05) is 37.1 Å². The zero-order valence-corrected chi connectivity index (χ0v) is 18.9. The number of aryl methyl sites for hydroxylation is 1. The number of benzene rings is 2. The van der Waals surface area contributed by atoms with Gasteiger partial charge in [-0.2, -0.15) is 4.31 Å². The van der Waals surface area contributed by atoms with Crippen molar-refractivity contribution in [2.45, 2.75) is 44.0 Å². The number of imidazole rings is 1. The van der Waals surface area contributed by atoms with Gasteiger partial charge in [0.05, 0.1) is 16.1 Å². The Morgan fingerprint density at radius 1 is 1.13 bits per heavy atom. The third-order valence-electron chi connectivity index (χ3n) is 5.45. The number of aromatic nitrogens is 2. The van der Waals surface area contributed by atoms with Gasteiger partial charge in [-0.3, -0.25) is 10.1 Å². The van der Waals surface area contributed by atoms with Gasteiger partial charge in [0.1, 0.15) is 4.90 Å². The van der Waals surface area contributed by atoms with E-state index in [4.69, 9.17) is 11.6 Å². The molecule has 2 heterocycles. The maximum atomic E-state index is 13.1. The Morgan fingerprint density at radius 2 is 1.87 bits per heavy atom. The number of amides is 1. The molecule has 0 bridgehead atoms. The molecule has 0 radical (unpaired) electrons. The van der Waals surface area contributed by atoms with Gasteiger partial charge in [-0.25, -0.2) is 13.4 Å². The van der Waals surface area contributed by atoms with Gasteiger partial charge in [0.2, 0.25) is 16.0 Å². The van der Waals surface area contributed by atoms with E-state index in [1.165, 1.54) is 22.5 Å². The first kappa shape index (κ1) is 21.8. The molecule has 4 rings (SSSR count). The molecule has 1 aliphatic heterocycles. The number of nitrogens with zero attached hydrogens (tertiary/aromatic N) is 3. The highest BCUT2D eigenvalue weighted by Gasteiger charge is 2.29. The van der Waals surface area contributed by atoms with Crippen molar-refractivity contribution in [1.29, 1.82) is 0 Å². The second-order valence-electron chi connectivity index (χ2n) is 7.64. The van der Waals surface area contributed by atoms with Crippen molar-refractivity contribution in [3.63, 3.8) is 0 Å². The van der Waals surface area contributed by atoms with Crippen LogP contribution in [0.1, 0.15) is 43.0 Å². The zero-order chi connectivity index (χ0) is 22.0. The number of nitrogens with one attached hydrogen (secondary N) is 1. The van der Waals surface area contributed by atoms with E-state index in [9.17, 15) is 13.2 Å². The summed E-state index contributed by atoms with van der Waals surface area (Å²) in [7, 11) is -3.76. The number of rotatable bonds is 6. The molecule has 2 aromatic carbocycles. The number of sulfonamides is 1. The largest absolute Gasteiger partial charge is 0.310 e. The Hall–Kier alpha value is -2.42. The summed E-state index contributed by atoms with van der Waals surface area (Å²) < 4.78 is 29.6. The maximum Gasteiger partial charge on any atom is 0.258 e. The molecule has 1 aromatic heterocycles. The summed E-state index contributed by atoms with van der Waals surface area (Å²) in [4.78, 5) is 17.5. The van der Waals surface area contributed by atoms with Crippen LogP contribution in [0.2, 0.25) is 5.02 Å². The van der Waals surface area contributed by atoms with E-state index in [1.807, 2.05) is 28.8 Å². The van der Waals surface area contributed by atoms with Crippen LogP contribution >= 0.6 is 11.6 Å². The van der Waals surface area contributed by atoms with Crippen molar-refractivity contribution in [1.82, 2.24) is 13.9 Å². The van der Waals surface area contributed by atoms with Gasteiger partial charge in [0.15, 0.2) is 0 Å². The van der Waals surface area contributed by atoms with Gasteiger partial charge >= 0.3 is 0 Å². The van der Waals surface area contributed by atoms with Gasteiger partial charge in [-0.05, 0) is 49.6 Å². The van der Waals surface area contributed by atoms with E-state index >= 15 is 0 Å². The lowest BCUT2D eigenvalue weighted by Gasteiger charge is -2.26. The smallest absolute Gasteiger partial charge is 0.258 e. The van der Waals surface area contributed by atoms with Crippen LogP contribution in [0.5, 0.6) is 0 Å². The van der Waals surface area contributed by atoms with Crippen LogP contribution in [0.4, 0.5) is 5.95 Å². The summed E-state index contributed by atoms with van der Waals surface area (Å²) in [6, 6.07) is 12.0. The van der Waals surface area contributed by atoms with Gasteiger partial charge in [0.25, 0.3) is 5.91 Å². The number of para-hydroxylation sites is 2. The number of anilines is 1. The lowest BCUT2D eigenvalue weighted by molar-refractivity contribution is 0.102. The Labute approximate surface area is 187 Å². The van der Waals surface area contributed by atoms with E-state index in [-0.39, 0.29) is 15.5 Å². The molecule has 1 saturated heterocycles. The van der Waals surface area contributed by atoms with Gasteiger partial charge < -0.3 is 4.57 Å². The highest BCUT2D eigenvalue weighted by atomic mass is 35.5. The van der Waals surface area contributed by atoms with Gasteiger partial charge in [-0.15, -0.1) is 0 Å². The van der Waals surface area contributed by atoms with Crippen LogP contribution in [-0.2, 0) is 16.6 Å². The number of hydrogen-bond donors (Lipinski definition) is 1. The average Bonchev–Trinajstić information content (AvgIpc) is 3.12. The minimum Gasteiger partial charge on any atom is -0.310 e. The molecule has 1 fully saturated rings. The van der Waals surface area contributed by atoms with Crippen LogP contribution < -0.4 is 5.32 Å². The predicted octanol–water partition coefficient (Wildman–Crippen LogP) is 4.53. The molecule has 164 valence electrons. The minimum atomic E-state index is -3.76. The number of fused-ring (bicyclic) bond motifs is 1. The van der Waals surface area contributed by atoms with Crippen molar-refractivity contribution in [3.8, 4) is 0 Å². The molecule has 0 atom stereocenters. The summed E-state index contributed by atoms with van der Waals surface area (Å²) in [5, 5.41) is 2.95. The predicted molar refractivity (Wildman–Crippen MR) is 122 cm³/mol. The van der Waals surface area contributed by atoms with Crippen LogP contribution in [0.15, 0.2) is 47.4 Å². The van der Waals surface area contributed by atoms with Crippen molar-refractivity contribution in [3.05, 3.63) is 53.1 Å². The van der Waals surface area contributed by atoms with E-state index in [1.54, 1.807) is 0 Å². The first-order valence-electron chi connectivity index (χ1n) is 10.5. The number of halogens is 1. The quantitative estimate of drug-likeness (QED) is 0.585. The van der Waals surface area contributed by atoms with Crippen LogP contribution in [0.3, 0.4) is 0 Å². The van der Waals surface area contributed by atoms with Crippen molar-refractivity contribution >= 4 is 44.5 Å². The standard InChI is InChI=1S/C22H25ClN4O3S/c1-2-12-27-19-9-5-4-8-18(19)24-22(27)25-21(28)16-10-11-17(23)20(15-16)31(29,30)26-13-6-3-7-14-26/h4-5,8-11,15H,2-3,6-7,12-14H2,1H3,(H,24,25,28). The second-order valence-corrected chi connectivity index (χ2v) is 9.95. The number of piperidine rings is 1. The Morgan fingerprint density at radius 3 is 2.61 bits per heavy atom. The number of carbonyl (C=O) groups excluding carboxylic acids is 1. The minimum absolute atomic E-state index is 0.0363. The molecule has 0 unspecified atom stereocenters. The molecule has 3 aromatic rings. The summed E-state index contributed by atoms with van der Waals surface area (Å²) in [6.07, 6.45) is 3.54. The summed E-state index contributed by atoms with van der Waals surface area (Å²) in [5.74, 6) is 0.00265. The van der Waals surface area contributed by atoms with E-state index < -0.39 is 15.9 Å². The highest BCUT2D eigenvalue weighted by molar-refractivity contribution is 7.89. The fourth-order valence-corrected chi connectivity index (χ4v) is 5.90. The topological polar surface area (TPSA) is 84.3 Å². The SMILES string of the molecule is CCCn1c(NC(=O)c2ccc(Cl)c(S(=O)(=O)N3CCCCC3)c2)nc2ccccc21. The third-order valence-corrected chi connectivity index (χ3v) is 7.83. The zero-order valence-electron chi connectivity index (χ0n) is 17.3. The fourth-order valence-electron chi connectivity index (χ4n) is 3.88. The number of carbonyl (C=O) groups is 1. The third kappa shape index (κ3) is 4.33. The first-order valence-corrected chi connectivity index (χ1v) is 12.3. The summed E-state index contributed by atoms with van der Waals surface area (Å²) in [5.41, 5.74) is 1.94. The Kier molecular flexibility index (Phi) is 6.31. The van der Waals surface area contributed by atoms with Crippen molar-refractivity contribution < 1.29 is 13.2 Å².